The van der Waals surface area contributed by atoms with Crippen LogP contribution in [0.1, 0.15) is 22.3 Å². The maximum Gasteiger partial charge on any atom is 0.178 e. The highest BCUT2D eigenvalue weighted by Crippen LogP contribution is 2.62. The van der Waals surface area contributed by atoms with Crippen LogP contribution in [-0.4, -0.2) is 9.97 Å². The molecule has 1 aliphatic heterocycles. The van der Waals surface area contributed by atoms with Crippen molar-refractivity contribution in [1.82, 2.24) is 9.97 Å². The lowest BCUT2D eigenvalue weighted by atomic mass is 9.68. The van der Waals surface area contributed by atoms with Crippen molar-refractivity contribution in [3.63, 3.8) is 0 Å². The second-order valence-electron chi connectivity index (χ2n) is 16.0. The fourth-order valence-electron chi connectivity index (χ4n) is 9.60. The third-order valence-corrected chi connectivity index (χ3v) is 12.5. The van der Waals surface area contributed by atoms with E-state index in [1.165, 1.54) is 22.3 Å². The van der Waals surface area contributed by atoms with E-state index >= 15 is 0 Å². The van der Waals surface area contributed by atoms with Gasteiger partial charge in [0.15, 0.2) is 28.8 Å². The summed E-state index contributed by atoms with van der Waals surface area (Å²) in [6.45, 7) is 0. The van der Waals surface area contributed by atoms with Gasteiger partial charge in [0.25, 0.3) is 0 Å². The molecular formula is C59H38N2O2. The van der Waals surface area contributed by atoms with Gasteiger partial charge in [-0.05, 0) is 74.3 Å². The highest BCUT2D eigenvalue weighted by molar-refractivity contribution is 5.92. The van der Waals surface area contributed by atoms with Crippen LogP contribution < -0.4 is 9.47 Å². The molecule has 2 aliphatic rings. The summed E-state index contributed by atoms with van der Waals surface area (Å²) in [6, 6.07) is 80.6. The van der Waals surface area contributed by atoms with Crippen LogP contribution >= 0.6 is 0 Å². The zero-order valence-corrected chi connectivity index (χ0v) is 34.2. The monoisotopic (exact) mass is 806 g/mol. The molecule has 9 aromatic carbocycles. The van der Waals surface area contributed by atoms with Crippen molar-refractivity contribution in [2.45, 2.75) is 5.41 Å². The molecule has 0 amide bonds. The number of fused-ring (bicyclic) bond motifs is 6. The number of ether oxygens (including phenoxy) is 2. The van der Waals surface area contributed by atoms with Crippen LogP contribution in [0.25, 0.3) is 67.3 Å². The van der Waals surface area contributed by atoms with Gasteiger partial charge in [0.1, 0.15) is 0 Å². The van der Waals surface area contributed by atoms with Gasteiger partial charge in [0, 0.05) is 22.3 Å². The van der Waals surface area contributed by atoms with Crippen LogP contribution in [0.5, 0.6) is 23.0 Å². The zero-order valence-electron chi connectivity index (χ0n) is 34.2. The van der Waals surface area contributed by atoms with Crippen molar-refractivity contribution in [2.24, 2.45) is 0 Å². The van der Waals surface area contributed by atoms with Gasteiger partial charge in [0.2, 0.25) is 0 Å². The van der Waals surface area contributed by atoms with Gasteiger partial charge in [0.05, 0.1) is 16.8 Å². The minimum absolute atomic E-state index is 0.523. The smallest absolute Gasteiger partial charge is 0.178 e. The summed E-state index contributed by atoms with van der Waals surface area (Å²) in [5, 5.41) is 0. The molecule has 0 spiro atoms. The molecule has 63 heavy (non-hydrogen) atoms. The third kappa shape index (κ3) is 6.07. The predicted molar refractivity (Wildman–Crippen MR) is 253 cm³/mol. The Morgan fingerprint density at radius 2 is 0.857 bits per heavy atom. The SMILES string of the molecule is c1ccc(-c2cc(-c3ccccc3-c3ccccc3)nc(-c3ccc(-c4ccc5c(c4)Oc4ccc6c(c4O5)-c4ccccc4C6(c4ccccc4)c4ccccc4)cc3)n2)cc1. The average molecular weight is 807 g/mol. The first-order chi connectivity index (χ1) is 31.2. The molecule has 2 heterocycles. The summed E-state index contributed by atoms with van der Waals surface area (Å²) in [4.78, 5) is 10.3. The molecule has 0 bridgehead atoms. The standard InChI is InChI=1S/C59H38N2O2/c1-5-17-40(18-6-1)46-25-13-14-26-47(46)52-38-51(41-19-7-2-8-20-41)60-58(61-52)42-31-29-39(30-32-42)43-33-35-53-55(37-43)62-54-36-34-50-56(57(54)63-53)48-27-15-16-28-49(48)59(50,44-21-9-3-10-22-44)45-23-11-4-12-24-45/h1-38H. The number of benzene rings is 9. The fraction of sp³-hybridized carbons (Fsp3) is 0.0169. The predicted octanol–water partition coefficient (Wildman–Crippen LogP) is 15.1. The Hall–Kier alpha value is -8.34. The molecule has 4 nitrogen and oxygen atoms in total. The molecule has 0 atom stereocenters. The highest BCUT2D eigenvalue weighted by atomic mass is 16.6. The van der Waals surface area contributed by atoms with Gasteiger partial charge < -0.3 is 9.47 Å². The van der Waals surface area contributed by atoms with Crippen LogP contribution in [0.15, 0.2) is 231 Å². The lowest BCUT2D eigenvalue weighted by Gasteiger charge is -2.34. The minimum atomic E-state index is -0.523. The van der Waals surface area contributed by atoms with E-state index in [-0.39, 0.29) is 0 Å². The Balaban J connectivity index is 0.899. The maximum atomic E-state index is 6.90. The van der Waals surface area contributed by atoms with E-state index in [2.05, 4.69) is 200 Å². The van der Waals surface area contributed by atoms with E-state index < -0.39 is 5.41 Å². The Bertz CT molecular complexity index is 3270. The molecule has 0 fully saturated rings. The van der Waals surface area contributed by atoms with Crippen molar-refractivity contribution < 1.29 is 9.47 Å². The Morgan fingerprint density at radius 1 is 0.317 bits per heavy atom. The molecule has 0 radical (unpaired) electrons. The number of rotatable bonds is 7. The van der Waals surface area contributed by atoms with E-state index in [1.54, 1.807) is 0 Å². The molecule has 1 aliphatic carbocycles. The molecule has 10 aromatic rings. The third-order valence-electron chi connectivity index (χ3n) is 12.5. The van der Waals surface area contributed by atoms with Gasteiger partial charge in [-0.3, -0.25) is 0 Å². The topological polar surface area (TPSA) is 44.2 Å². The van der Waals surface area contributed by atoms with Gasteiger partial charge >= 0.3 is 0 Å². The molecule has 296 valence electrons. The van der Waals surface area contributed by atoms with Gasteiger partial charge in [-0.1, -0.05) is 206 Å². The van der Waals surface area contributed by atoms with E-state index in [0.29, 0.717) is 23.1 Å². The highest BCUT2D eigenvalue weighted by Gasteiger charge is 2.48. The Morgan fingerprint density at radius 3 is 1.56 bits per heavy atom. The van der Waals surface area contributed by atoms with E-state index in [4.69, 9.17) is 19.4 Å². The molecule has 4 heteroatoms. The van der Waals surface area contributed by atoms with Gasteiger partial charge in [-0.15, -0.1) is 0 Å². The minimum Gasteiger partial charge on any atom is -0.449 e. The van der Waals surface area contributed by atoms with Gasteiger partial charge in [-0.2, -0.15) is 0 Å². The number of hydrogen-bond donors (Lipinski definition) is 0. The summed E-state index contributed by atoms with van der Waals surface area (Å²) in [6.07, 6.45) is 0. The summed E-state index contributed by atoms with van der Waals surface area (Å²) >= 11 is 0. The van der Waals surface area contributed by atoms with Crippen molar-refractivity contribution >= 4 is 0 Å². The maximum absolute atomic E-state index is 6.90. The second kappa shape index (κ2) is 15.0. The van der Waals surface area contributed by atoms with E-state index in [0.717, 1.165) is 67.2 Å². The van der Waals surface area contributed by atoms with Crippen LogP contribution in [-0.2, 0) is 5.41 Å². The lowest BCUT2D eigenvalue weighted by molar-refractivity contribution is 0.360. The molecule has 0 saturated heterocycles. The molecule has 0 saturated carbocycles. The summed E-state index contributed by atoms with van der Waals surface area (Å²) in [5.41, 5.74) is 15.6. The molecule has 1 aromatic heterocycles. The van der Waals surface area contributed by atoms with Crippen molar-refractivity contribution in [3.8, 4) is 90.3 Å². The quantitative estimate of drug-likeness (QED) is 0.161. The largest absolute Gasteiger partial charge is 0.449 e. The summed E-state index contributed by atoms with van der Waals surface area (Å²) in [5.74, 6) is 3.45. The second-order valence-corrected chi connectivity index (χ2v) is 16.0. The Kier molecular flexibility index (Phi) is 8.68. The Labute approximate surface area is 366 Å². The van der Waals surface area contributed by atoms with Crippen molar-refractivity contribution in [1.29, 1.82) is 0 Å². The first-order valence-electron chi connectivity index (χ1n) is 21.3. The molecule has 12 rings (SSSR count). The van der Waals surface area contributed by atoms with Crippen LogP contribution in [0, 0.1) is 0 Å². The average Bonchev–Trinajstić information content (AvgIpc) is 3.68. The first-order valence-corrected chi connectivity index (χ1v) is 21.3. The van der Waals surface area contributed by atoms with Crippen molar-refractivity contribution in [3.05, 3.63) is 253 Å². The molecule has 0 N–H and O–H groups in total. The van der Waals surface area contributed by atoms with E-state index in [1.807, 2.05) is 30.3 Å². The number of aromatic nitrogens is 2. The lowest BCUT2D eigenvalue weighted by Crippen LogP contribution is -2.28. The normalized spacial score (nSPS) is 12.8. The first kappa shape index (κ1) is 36.5. The van der Waals surface area contributed by atoms with Crippen LogP contribution in [0.3, 0.4) is 0 Å². The molecule has 0 unspecified atom stereocenters. The molecular weight excluding hydrogens is 769 g/mol. The summed E-state index contributed by atoms with van der Waals surface area (Å²) in [7, 11) is 0. The number of nitrogens with zero attached hydrogens (tertiary/aromatic N) is 2. The fourth-order valence-corrected chi connectivity index (χ4v) is 9.60. The zero-order chi connectivity index (χ0) is 41.7. The number of hydrogen-bond acceptors (Lipinski definition) is 4. The van der Waals surface area contributed by atoms with Gasteiger partial charge in [-0.25, -0.2) is 9.97 Å². The van der Waals surface area contributed by atoms with E-state index in [9.17, 15) is 0 Å². The summed E-state index contributed by atoms with van der Waals surface area (Å²) < 4.78 is 13.7. The van der Waals surface area contributed by atoms with Crippen LogP contribution in [0.4, 0.5) is 0 Å². The van der Waals surface area contributed by atoms with Crippen molar-refractivity contribution in [2.75, 3.05) is 0 Å². The van der Waals surface area contributed by atoms with Crippen LogP contribution in [0.2, 0.25) is 0 Å².